The molecule has 0 aliphatic carbocycles. The molecule has 12 nitrogen and oxygen atoms in total. The fourth-order valence-electron chi connectivity index (χ4n) is 3.66. The molecular weight excluding hydrogens is 418 g/mol. The number of primary amides is 1. The van der Waals surface area contributed by atoms with Gasteiger partial charge < -0.3 is 20.8 Å². The summed E-state index contributed by atoms with van der Waals surface area (Å²) in [5.41, 5.74) is 8.34. The summed E-state index contributed by atoms with van der Waals surface area (Å²) < 4.78 is 0. The van der Waals surface area contributed by atoms with Crippen LogP contribution in [0.1, 0.15) is 18.9 Å². The van der Waals surface area contributed by atoms with E-state index in [9.17, 15) is 24.6 Å². The number of carboxylic acid groups (broad SMARTS) is 1. The van der Waals surface area contributed by atoms with Crippen molar-refractivity contribution in [1.82, 2.24) is 10.4 Å². The normalized spacial score (nSPS) is 21.5. The Hall–Kier alpha value is -3.22. The quantitative estimate of drug-likeness (QED) is 0.160. The van der Waals surface area contributed by atoms with Gasteiger partial charge in [-0.3, -0.25) is 9.59 Å². The Morgan fingerprint density at radius 3 is 2.73 bits per heavy atom. The molecule has 0 bridgehead atoms. The lowest BCUT2D eigenvalue weighted by Gasteiger charge is -2.44. The van der Waals surface area contributed by atoms with Gasteiger partial charge in [0.1, 0.15) is 12.2 Å². The Labute approximate surface area is 175 Å². The van der Waals surface area contributed by atoms with Crippen LogP contribution in [0.15, 0.2) is 34.2 Å². The van der Waals surface area contributed by atoms with Gasteiger partial charge in [-0.2, -0.15) is 10.6 Å². The van der Waals surface area contributed by atoms with E-state index in [0.717, 1.165) is 5.12 Å². The van der Waals surface area contributed by atoms with Crippen LogP contribution in [0, 0.1) is 5.92 Å². The lowest BCUT2D eigenvalue weighted by molar-refractivity contribution is -0.161. The summed E-state index contributed by atoms with van der Waals surface area (Å²) in [5, 5.41) is 27.8. The summed E-state index contributed by atoms with van der Waals surface area (Å²) in [4.78, 5) is 36.1. The maximum absolute atomic E-state index is 12.4. The Balaban J connectivity index is 1.90. The van der Waals surface area contributed by atoms with E-state index in [-0.39, 0.29) is 23.7 Å². The van der Waals surface area contributed by atoms with Crippen LogP contribution in [-0.2, 0) is 14.4 Å². The second kappa shape index (κ2) is 8.26. The summed E-state index contributed by atoms with van der Waals surface area (Å²) in [7, 11) is 0. The van der Waals surface area contributed by atoms with Crippen LogP contribution < -0.4 is 22.2 Å². The molecule has 1 aromatic rings. The number of halogens is 1. The first-order valence-corrected chi connectivity index (χ1v) is 9.23. The first kappa shape index (κ1) is 21.5. The molecule has 2 aliphatic heterocycles. The number of benzene rings is 1. The lowest BCUT2D eigenvalue weighted by atomic mass is 9.82. The Morgan fingerprint density at radius 2 is 2.13 bits per heavy atom. The highest BCUT2D eigenvalue weighted by atomic mass is 35.5. The van der Waals surface area contributed by atoms with E-state index >= 15 is 0 Å². The van der Waals surface area contributed by atoms with E-state index in [2.05, 4.69) is 15.9 Å². The molecule has 13 heteroatoms. The minimum absolute atomic E-state index is 0.146. The second-order valence-corrected chi connectivity index (χ2v) is 7.35. The predicted octanol–water partition coefficient (Wildman–Crippen LogP) is -0.216. The van der Waals surface area contributed by atoms with E-state index in [1.54, 1.807) is 12.1 Å². The molecule has 30 heavy (non-hydrogen) atoms. The number of hydrogen-bond donors (Lipinski definition) is 5. The minimum Gasteiger partial charge on any atom is -0.477 e. The summed E-state index contributed by atoms with van der Waals surface area (Å²) in [5.74, 6) is 2.85. The standard InChI is InChI=1S/C17H20ClN7O5/c1-7(26)14-12-5-11(15(17(29)30)24(12)16(14)28)8-2-9(18)4-10(3-8)25(20)23-22-21-6-13(19)27/h2-4,7,12,14,26H,5-6,20H2,1H3,(H2,19,27)(H,21,23)(H,29,30)/t7-,12?,14?/m1/s1. The number of carbonyl (C=O) groups is 3. The second-order valence-electron chi connectivity index (χ2n) is 6.91. The summed E-state index contributed by atoms with van der Waals surface area (Å²) in [6.45, 7) is 1.17. The first-order chi connectivity index (χ1) is 14.1. The molecular formula is C17H20ClN7O5. The maximum atomic E-state index is 12.4. The monoisotopic (exact) mass is 437 g/mol. The molecule has 160 valence electrons. The molecule has 1 saturated heterocycles. The van der Waals surface area contributed by atoms with Crippen LogP contribution in [0.25, 0.3) is 5.57 Å². The molecule has 0 aromatic heterocycles. The van der Waals surface area contributed by atoms with Crippen LogP contribution in [0.3, 0.4) is 0 Å². The fourth-order valence-corrected chi connectivity index (χ4v) is 3.89. The van der Waals surface area contributed by atoms with E-state index < -0.39 is 35.8 Å². The third-order valence-electron chi connectivity index (χ3n) is 4.89. The van der Waals surface area contributed by atoms with Gasteiger partial charge in [0.2, 0.25) is 11.8 Å². The van der Waals surface area contributed by atoms with Crippen LogP contribution in [0.2, 0.25) is 5.02 Å². The first-order valence-electron chi connectivity index (χ1n) is 8.85. The number of carbonyl (C=O) groups excluding carboxylic acids is 2. The van der Waals surface area contributed by atoms with Crippen molar-refractivity contribution in [2.24, 2.45) is 27.8 Å². The number of aliphatic hydroxyl groups excluding tert-OH is 1. The van der Waals surface area contributed by atoms with Crippen LogP contribution in [0.5, 0.6) is 0 Å². The molecule has 3 atom stereocenters. The smallest absolute Gasteiger partial charge is 0.352 e. The number of carboxylic acids is 1. The number of amides is 2. The number of β-lactam (4-membered cyclic amide) rings is 1. The number of nitrogens with one attached hydrogen (secondary N) is 1. The molecule has 2 amide bonds. The van der Waals surface area contributed by atoms with Gasteiger partial charge in [0.15, 0.2) is 0 Å². The Morgan fingerprint density at radius 1 is 1.43 bits per heavy atom. The van der Waals surface area contributed by atoms with Gasteiger partial charge in [0, 0.05) is 5.02 Å². The van der Waals surface area contributed by atoms with Crippen molar-refractivity contribution in [2.45, 2.75) is 25.5 Å². The Bertz CT molecular complexity index is 964. The average molecular weight is 438 g/mol. The van der Waals surface area contributed by atoms with Gasteiger partial charge in [-0.05, 0) is 42.7 Å². The number of anilines is 1. The largest absolute Gasteiger partial charge is 0.477 e. The van der Waals surface area contributed by atoms with Gasteiger partial charge in [-0.15, -0.1) is 0 Å². The zero-order valence-electron chi connectivity index (χ0n) is 15.8. The van der Waals surface area contributed by atoms with E-state index in [1.165, 1.54) is 17.9 Å². The van der Waals surface area contributed by atoms with Crippen LogP contribution in [0.4, 0.5) is 5.69 Å². The van der Waals surface area contributed by atoms with Crippen molar-refractivity contribution in [3.8, 4) is 0 Å². The number of rotatable bonds is 8. The molecule has 2 aliphatic rings. The molecule has 3 rings (SSSR count). The fraction of sp³-hybridized carbons (Fsp3) is 0.353. The highest BCUT2D eigenvalue weighted by molar-refractivity contribution is 6.31. The molecule has 7 N–H and O–H groups in total. The predicted molar refractivity (Wildman–Crippen MR) is 105 cm³/mol. The van der Waals surface area contributed by atoms with E-state index in [4.69, 9.17) is 23.2 Å². The van der Waals surface area contributed by atoms with Crippen molar-refractivity contribution in [1.29, 1.82) is 0 Å². The van der Waals surface area contributed by atoms with Gasteiger partial charge in [0.25, 0.3) is 0 Å². The number of nitrogens with two attached hydrogens (primary N) is 2. The number of nitrogens with zero attached hydrogens (tertiary/aromatic N) is 4. The summed E-state index contributed by atoms with van der Waals surface area (Å²) in [6, 6.07) is 4.18. The van der Waals surface area contributed by atoms with Crippen molar-refractivity contribution in [3.05, 3.63) is 34.5 Å². The zero-order chi connectivity index (χ0) is 22.2. The molecule has 1 aromatic carbocycles. The zero-order valence-corrected chi connectivity index (χ0v) is 16.6. The Kier molecular flexibility index (Phi) is 5.92. The third kappa shape index (κ3) is 3.92. The molecule has 2 unspecified atom stereocenters. The average Bonchev–Trinajstić information content (AvgIpc) is 2.99. The van der Waals surface area contributed by atoms with Crippen molar-refractivity contribution in [3.63, 3.8) is 0 Å². The van der Waals surface area contributed by atoms with Gasteiger partial charge in [-0.1, -0.05) is 16.8 Å². The third-order valence-corrected chi connectivity index (χ3v) is 5.11. The van der Waals surface area contributed by atoms with Crippen molar-refractivity contribution >= 4 is 40.6 Å². The molecule has 0 saturated carbocycles. The van der Waals surface area contributed by atoms with Crippen molar-refractivity contribution in [2.75, 3.05) is 11.7 Å². The SMILES string of the molecule is C[C@@H](O)C1C(=O)N2C(C(=O)O)=C(c3cc(Cl)cc(N(N)NN=NCC(N)=O)c3)CC12. The number of hydrazine groups is 2. The highest BCUT2D eigenvalue weighted by Gasteiger charge is 2.56. The minimum atomic E-state index is -1.26. The van der Waals surface area contributed by atoms with E-state index in [1.807, 2.05) is 0 Å². The molecule has 2 heterocycles. The van der Waals surface area contributed by atoms with Gasteiger partial charge >= 0.3 is 5.97 Å². The molecule has 1 fully saturated rings. The summed E-state index contributed by atoms with van der Waals surface area (Å²) >= 11 is 6.18. The molecule has 0 radical (unpaired) electrons. The van der Waals surface area contributed by atoms with Gasteiger partial charge in [0.05, 0.1) is 23.8 Å². The highest BCUT2D eigenvalue weighted by Crippen LogP contribution is 2.47. The number of aliphatic hydroxyl groups is 1. The summed E-state index contributed by atoms with van der Waals surface area (Å²) in [6.07, 6.45) is -0.642. The number of aliphatic carboxylic acids is 1. The van der Waals surface area contributed by atoms with Crippen LogP contribution >= 0.6 is 11.6 Å². The maximum Gasteiger partial charge on any atom is 0.352 e. The van der Waals surface area contributed by atoms with Gasteiger partial charge in [-0.25, -0.2) is 15.8 Å². The number of hydrogen-bond acceptors (Lipinski definition) is 8. The van der Waals surface area contributed by atoms with Crippen LogP contribution in [-0.4, -0.2) is 51.6 Å². The van der Waals surface area contributed by atoms with E-state index in [0.29, 0.717) is 16.8 Å². The molecule has 0 spiro atoms. The topological polar surface area (TPSA) is 187 Å². The lowest BCUT2D eigenvalue weighted by Crippen LogP contribution is -2.61. The van der Waals surface area contributed by atoms with Crippen molar-refractivity contribution < 1.29 is 24.6 Å². The number of fused-ring (bicyclic) bond motifs is 1.